The Kier molecular flexibility index (Phi) is 2.53. The second-order valence-electron chi connectivity index (χ2n) is 6.76. The summed E-state index contributed by atoms with van der Waals surface area (Å²) >= 11 is 0. The van der Waals surface area contributed by atoms with Gasteiger partial charge in [-0.1, -0.05) is 30.4 Å². The third-order valence-electron chi connectivity index (χ3n) is 5.88. The van der Waals surface area contributed by atoms with Crippen molar-refractivity contribution < 1.29 is 0 Å². The summed E-state index contributed by atoms with van der Waals surface area (Å²) in [4.78, 5) is 9.86. The highest BCUT2D eigenvalue weighted by atomic mass is 15.3. The molecule has 0 bridgehead atoms. The second-order valence-corrected chi connectivity index (χ2v) is 6.76. The average molecular weight is 279 g/mol. The molecule has 0 N–H and O–H groups in total. The van der Waals surface area contributed by atoms with Gasteiger partial charge in [0.1, 0.15) is 0 Å². The topological polar surface area (TPSA) is 18.8 Å². The van der Waals surface area contributed by atoms with Crippen molar-refractivity contribution in [2.45, 2.75) is 43.4 Å². The quantitative estimate of drug-likeness (QED) is 0.635. The molecule has 0 aromatic heterocycles. The van der Waals surface area contributed by atoms with E-state index in [4.69, 9.17) is 0 Å². The highest BCUT2D eigenvalue weighted by Gasteiger charge is 2.49. The normalized spacial score (nSPS) is 43.1. The average Bonchev–Trinajstić information content (AvgIpc) is 2.94. The monoisotopic (exact) mass is 279 g/mol. The number of hydrogen-bond donors (Lipinski definition) is 0. The Labute approximate surface area is 126 Å². The Hall–Kier alpha value is -1.61. The van der Waals surface area contributed by atoms with Crippen molar-refractivity contribution in [1.29, 1.82) is 0 Å². The van der Waals surface area contributed by atoms with E-state index in [9.17, 15) is 0 Å². The van der Waals surface area contributed by atoms with Crippen molar-refractivity contribution in [1.82, 2.24) is 9.80 Å². The van der Waals surface area contributed by atoms with E-state index in [1.165, 1.54) is 12.8 Å². The van der Waals surface area contributed by atoms with Gasteiger partial charge in [-0.05, 0) is 24.8 Å². The molecule has 1 fully saturated rings. The molecule has 5 aliphatic rings. The fraction of sp³-hybridized carbons (Fsp3) is 0.500. The third-order valence-corrected chi connectivity index (χ3v) is 5.88. The first-order valence-electron chi connectivity index (χ1n) is 8.18. The van der Waals surface area contributed by atoms with Crippen LogP contribution < -0.4 is 0 Å². The molecule has 1 saturated heterocycles. The van der Waals surface area contributed by atoms with Crippen molar-refractivity contribution in [2.75, 3.05) is 6.54 Å². The molecule has 0 amide bonds. The number of allylic oxidation sites excluding steroid dienone is 1. The number of aliphatic imine (C=N–C) groups is 1. The summed E-state index contributed by atoms with van der Waals surface area (Å²) in [6.07, 6.45) is 21.9. The van der Waals surface area contributed by atoms with Gasteiger partial charge in [0.25, 0.3) is 0 Å². The van der Waals surface area contributed by atoms with E-state index in [-0.39, 0.29) is 0 Å². The van der Waals surface area contributed by atoms with Gasteiger partial charge in [-0.3, -0.25) is 9.89 Å². The largest absolute Gasteiger partial charge is 0.363 e. The van der Waals surface area contributed by atoms with E-state index in [0.29, 0.717) is 30.1 Å². The zero-order chi connectivity index (χ0) is 13.8. The summed E-state index contributed by atoms with van der Waals surface area (Å²) in [5, 5.41) is 0. The lowest BCUT2D eigenvalue weighted by atomic mass is 9.81. The molecule has 3 heteroatoms. The summed E-state index contributed by atoms with van der Waals surface area (Å²) in [6, 6.07) is 2.29. The van der Waals surface area contributed by atoms with Gasteiger partial charge in [0.15, 0.2) is 0 Å². The standard InChI is InChI=1S/C18H21N3/c1-2-7-16-15(6-1)20-11-9-19-12-17(20)14-5-3-4-13-8-10-21(16)18(13)14/h1-4,8-9,11-12,14-18H,5-7,10H2. The summed E-state index contributed by atoms with van der Waals surface area (Å²) in [7, 11) is 0. The fourth-order valence-electron chi connectivity index (χ4n) is 5.01. The predicted octanol–water partition coefficient (Wildman–Crippen LogP) is 2.50. The lowest BCUT2D eigenvalue weighted by Gasteiger charge is -2.42. The van der Waals surface area contributed by atoms with Gasteiger partial charge in [-0.25, -0.2) is 0 Å². The number of fused-ring (bicyclic) bond motifs is 5. The van der Waals surface area contributed by atoms with E-state index >= 15 is 0 Å². The van der Waals surface area contributed by atoms with Crippen molar-refractivity contribution in [2.24, 2.45) is 10.9 Å². The van der Waals surface area contributed by atoms with Crippen LogP contribution in [0.2, 0.25) is 0 Å². The summed E-state index contributed by atoms with van der Waals surface area (Å²) in [5.41, 5.74) is 1.55. The molecule has 21 heavy (non-hydrogen) atoms. The van der Waals surface area contributed by atoms with Gasteiger partial charge in [0.2, 0.25) is 0 Å². The molecule has 0 aromatic rings. The molecule has 5 rings (SSSR count). The first-order valence-corrected chi connectivity index (χ1v) is 8.18. The molecule has 2 aliphatic carbocycles. The van der Waals surface area contributed by atoms with Crippen LogP contribution in [-0.4, -0.2) is 46.7 Å². The van der Waals surface area contributed by atoms with Gasteiger partial charge in [0.05, 0.1) is 6.04 Å². The minimum absolute atomic E-state index is 0.454. The smallest absolute Gasteiger partial charge is 0.0692 e. The Balaban J connectivity index is 1.64. The number of hydrogen-bond acceptors (Lipinski definition) is 3. The van der Waals surface area contributed by atoms with E-state index < -0.39 is 0 Å². The Morgan fingerprint density at radius 2 is 1.95 bits per heavy atom. The molecule has 0 radical (unpaired) electrons. The van der Waals surface area contributed by atoms with Crippen molar-refractivity contribution in [3.05, 3.63) is 48.4 Å². The van der Waals surface area contributed by atoms with Crippen LogP contribution in [0.4, 0.5) is 0 Å². The molecule has 3 heterocycles. The van der Waals surface area contributed by atoms with Gasteiger partial charge in [-0.15, -0.1) is 0 Å². The van der Waals surface area contributed by atoms with Gasteiger partial charge < -0.3 is 4.90 Å². The molecular formula is C18H21N3. The zero-order valence-corrected chi connectivity index (χ0v) is 12.2. The van der Waals surface area contributed by atoms with Crippen LogP contribution in [0.3, 0.4) is 0 Å². The third kappa shape index (κ3) is 1.61. The first kappa shape index (κ1) is 12.0. The van der Waals surface area contributed by atoms with Crippen LogP contribution in [0, 0.1) is 5.92 Å². The summed E-state index contributed by atoms with van der Waals surface area (Å²) in [6.45, 7) is 1.12. The molecule has 3 nitrogen and oxygen atoms in total. The molecule has 0 saturated carbocycles. The molecule has 5 unspecified atom stereocenters. The van der Waals surface area contributed by atoms with E-state index in [2.05, 4.69) is 57.6 Å². The molecule has 108 valence electrons. The fourth-order valence-corrected chi connectivity index (χ4v) is 5.01. The van der Waals surface area contributed by atoms with Crippen LogP contribution in [-0.2, 0) is 0 Å². The van der Waals surface area contributed by atoms with Crippen molar-refractivity contribution in [3.8, 4) is 0 Å². The van der Waals surface area contributed by atoms with Crippen LogP contribution in [0.5, 0.6) is 0 Å². The molecule has 0 spiro atoms. The van der Waals surface area contributed by atoms with Crippen molar-refractivity contribution in [3.63, 3.8) is 0 Å². The van der Waals surface area contributed by atoms with Gasteiger partial charge in [-0.2, -0.15) is 0 Å². The maximum atomic E-state index is 4.47. The molecule has 0 aromatic carbocycles. The lowest BCUT2D eigenvalue weighted by molar-refractivity contribution is 0.128. The molecule has 3 aliphatic heterocycles. The zero-order valence-electron chi connectivity index (χ0n) is 12.2. The maximum absolute atomic E-state index is 4.47. The SMILES string of the molecule is C1=CC2=CCN3C4CC=CCC4N4C=CN=CC4C(C1)C23. The summed E-state index contributed by atoms with van der Waals surface area (Å²) in [5.74, 6) is 0.642. The minimum Gasteiger partial charge on any atom is -0.363 e. The number of rotatable bonds is 0. The Morgan fingerprint density at radius 1 is 1.05 bits per heavy atom. The van der Waals surface area contributed by atoms with E-state index in [1.54, 1.807) is 5.57 Å². The second kappa shape index (κ2) is 4.44. The first-order chi connectivity index (χ1) is 10.4. The Bertz CT molecular complexity index is 598. The summed E-state index contributed by atoms with van der Waals surface area (Å²) < 4.78 is 0. The van der Waals surface area contributed by atoms with Gasteiger partial charge in [0, 0.05) is 49.2 Å². The minimum atomic E-state index is 0.454. The van der Waals surface area contributed by atoms with Gasteiger partial charge >= 0.3 is 0 Å². The lowest BCUT2D eigenvalue weighted by Crippen LogP contribution is -2.51. The highest BCUT2D eigenvalue weighted by molar-refractivity contribution is 5.68. The Morgan fingerprint density at radius 3 is 2.90 bits per heavy atom. The maximum Gasteiger partial charge on any atom is 0.0692 e. The molecule has 5 atom stereocenters. The highest BCUT2D eigenvalue weighted by Crippen LogP contribution is 2.43. The van der Waals surface area contributed by atoms with Crippen LogP contribution in [0.1, 0.15) is 19.3 Å². The predicted molar refractivity (Wildman–Crippen MR) is 85.0 cm³/mol. The van der Waals surface area contributed by atoms with Crippen LogP contribution >= 0.6 is 0 Å². The van der Waals surface area contributed by atoms with Crippen LogP contribution in [0.25, 0.3) is 0 Å². The van der Waals surface area contributed by atoms with E-state index in [1.807, 2.05) is 6.20 Å². The molecular weight excluding hydrogens is 258 g/mol. The van der Waals surface area contributed by atoms with Crippen molar-refractivity contribution >= 4 is 6.21 Å². The van der Waals surface area contributed by atoms with Crippen LogP contribution in [0.15, 0.2) is 53.3 Å². The van der Waals surface area contributed by atoms with E-state index in [0.717, 1.165) is 13.0 Å². The number of nitrogens with zero attached hydrogens (tertiary/aromatic N) is 3.